The summed E-state index contributed by atoms with van der Waals surface area (Å²) in [5.41, 5.74) is 0. The summed E-state index contributed by atoms with van der Waals surface area (Å²) < 4.78 is 68.4. The first-order chi connectivity index (χ1) is 49.7. The van der Waals surface area contributed by atoms with Gasteiger partial charge in [0, 0.05) is 25.7 Å². The third kappa shape index (κ3) is 73.5. The molecule has 0 spiro atoms. The molecule has 0 bridgehead atoms. The van der Waals surface area contributed by atoms with Crippen LogP contribution in [0.1, 0.15) is 310 Å². The normalized spacial score (nSPS) is 14.6. The summed E-state index contributed by atoms with van der Waals surface area (Å²) in [6.45, 7) is 4.51. The van der Waals surface area contributed by atoms with Crippen molar-refractivity contribution in [1.29, 1.82) is 0 Å². The minimum atomic E-state index is -4.99. The molecule has 584 valence electrons. The highest BCUT2D eigenvalue weighted by Gasteiger charge is 2.30. The molecule has 0 heterocycles. The van der Waals surface area contributed by atoms with E-state index in [0.29, 0.717) is 32.1 Å². The average molecular weight is 1470 g/mol. The smallest absolute Gasteiger partial charge is 0.462 e. The number of esters is 4. The topological polar surface area (TPSA) is 237 Å². The minimum absolute atomic E-state index is 0.0729. The summed E-state index contributed by atoms with van der Waals surface area (Å²) in [7, 11) is -9.98. The van der Waals surface area contributed by atoms with E-state index >= 15 is 0 Å². The average Bonchev–Trinajstić information content (AvgIpc) is 0.926. The van der Waals surface area contributed by atoms with E-state index in [0.717, 1.165) is 148 Å². The van der Waals surface area contributed by atoms with Crippen molar-refractivity contribution in [3.05, 3.63) is 134 Å². The zero-order valence-electron chi connectivity index (χ0n) is 63.7. The van der Waals surface area contributed by atoms with Crippen LogP contribution in [0.5, 0.6) is 0 Å². The molecule has 17 nitrogen and oxygen atoms in total. The van der Waals surface area contributed by atoms with Gasteiger partial charge in [0.25, 0.3) is 0 Å². The fourth-order valence-electron chi connectivity index (χ4n) is 10.1. The lowest BCUT2D eigenvalue weighted by molar-refractivity contribution is -0.161. The van der Waals surface area contributed by atoms with Crippen LogP contribution in [0.3, 0.4) is 0 Å². The Morgan fingerprint density at radius 2 is 0.529 bits per heavy atom. The predicted octanol–water partition coefficient (Wildman–Crippen LogP) is 22.9. The van der Waals surface area contributed by atoms with Gasteiger partial charge in [-0.3, -0.25) is 37.3 Å². The Hall–Kier alpha value is -4.80. The molecule has 0 aromatic rings. The standard InChI is InChI=1S/C83H140O17P2/c1-5-9-13-17-21-25-29-32-35-37-38-40-43-45-49-52-56-60-64-68-80(85)93-73-78(99-82(87)69-65-61-57-53-47-28-24-20-16-12-8-4)75-97-101(89,90)95-71-77(84)72-96-102(91,92)98-76-79(100-83(88)70-66-62-58-54-50-46-41-34-31-27-23-19-15-11-7-3)74-94-81(86)67-63-59-55-51-48-44-42-39-36-33-30-26-22-18-14-10-6-2/h9-10,13-14,20-22,24-26,32-33,35-36,38,40,42,44-45,49,51,55,77-79,84H,5-8,11-12,15-19,23,27-31,34,37,39,41,43,46-48,50,52-54,56-76H2,1-4H3,(H,89,90)(H,91,92)/b13-9-,14-10-,24-20-,25-21-,26-22-,35-32-,36-33-,40-38-,44-42-,49-45-,55-51-. The van der Waals surface area contributed by atoms with E-state index in [2.05, 4.69) is 149 Å². The molecule has 5 atom stereocenters. The van der Waals surface area contributed by atoms with Gasteiger partial charge in [0.2, 0.25) is 0 Å². The van der Waals surface area contributed by atoms with Crippen LogP contribution in [-0.2, 0) is 65.4 Å². The molecule has 102 heavy (non-hydrogen) atoms. The number of rotatable bonds is 73. The van der Waals surface area contributed by atoms with Crippen LogP contribution >= 0.6 is 15.6 Å². The van der Waals surface area contributed by atoms with Crippen molar-refractivity contribution in [3.8, 4) is 0 Å². The molecule has 0 radical (unpaired) electrons. The van der Waals surface area contributed by atoms with E-state index in [9.17, 15) is 43.2 Å². The van der Waals surface area contributed by atoms with Crippen LogP contribution in [0.15, 0.2) is 134 Å². The second-order valence-corrected chi connectivity index (χ2v) is 28.8. The lowest BCUT2D eigenvalue weighted by Crippen LogP contribution is -2.30. The SMILES string of the molecule is CC/C=C\C/C=C\C/C=C\C/C=C\C/C=C\CCCCCC(=O)OCC(COP(=O)(O)OCC(O)COP(=O)(O)OCC(COC(=O)CCC/C=C\C/C=C\C/C=C\C/C=C\C/C=C\CC)OC(=O)CCCCCCCCCCCCCCCCC)OC(=O)CCCCCCC/C=C\CCCC. The molecule has 0 aliphatic rings. The molecule has 0 aliphatic heterocycles. The van der Waals surface area contributed by atoms with Crippen molar-refractivity contribution in [1.82, 2.24) is 0 Å². The van der Waals surface area contributed by atoms with Gasteiger partial charge in [0.15, 0.2) is 12.2 Å². The van der Waals surface area contributed by atoms with Gasteiger partial charge >= 0.3 is 39.5 Å². The number of carbonyl (C=O) groups is 4. The molecule has 19 heteroatoms. The second kappa shape index (κ2) is 74.5. The van der Waals surface area contributed by atoms with Crippen molar-refractivity contribution in [3.63, 3.8) is 0 Å². The van der Waals surface area contributed by atoms with Gasteiger partial charge in [0.05, 0.1) is 26.4 Å². The number of ether oxygens (including phenoxy) is 4. The molecule has 0 saturated carbocycles. The van der Waals surface area contributed by atoms with Crippen molar-refractivity contribution in [2.24, 2.45) is 0 Å². The van der Waals surface area contributed by atoms with Gasteiger partial charge in [0.1, 0.15) is 19.3 Å². The van der Waals surface area contributed by atoms with Crippen molar-refractivity contribution >= 4 is 39.5 Å². The zero-order chi connectivity index (χ0) is 74.6. The maximum Gasteiger partial charge on any atom is 0.472 e. The van der Waals surface area contributed by atoms with Crippen LogP contribution in [0.4, 0.5) is 0 Å². The van der Waals surface area contributed by atoms with E-state index in [1.807, 2.05) is 12.2 Å². The number of carbonyl (C=O) groups excluding carboxylic acids is 4. The summed E-state index contributed by atoms with van der Waals surface area (Å²) in [5, 5.41) is 10.6. The third-order valence-electron chi connectivity index (χ3n) is 16.1. The summed E-state index contributed by atoms with van der Waals surface area (Å²) in [6.07, 6.45) is 83.1. The van der Waals surface area contributed by atoms with E-state index in [-0.39, 0.29) is 25.7 Å². The Morgan fingerprint density at radius 3 is 0.873 bits per heavy atom. The highest BCUT2D eigenvalue weighted by Crippen LogP contribution is 2.45. The maximum absolute atomic E-state index is 13.1. The molecule has 0 aromatic heterocycles. The minimum Gasteiger partial charge on any atom is -0.462 e. The fourth-order valence-corrected chi connectivity index (χ4v) is 11.7. The highest BCUT2D eigenvalue weighted by atomic mass is 31.2. The van der Waals surface area contributed by atoms with Gasteiger partial charge in [-0.2, -0.15) is 0 Å². The monoisotopic (exact) mass is 1470 g/mol. The Morgan fingerprint density at radius 1 is 0.284 bits per heavy atom. The molecule has 5 unspecified atom stereocenters. The number of allylic oxidation sites excluding steroid dienone is 22. The number of hydrogen-bond acceptors (Lipinski definition) is 15. The first-order valence-electron chi connectivity index (χ1n) is 39.4. The number of hydrogen-bond donors (Lipinski definition) is 3. The van der Waals surface area contributed by atoms with Gasteiger partial charge in [-0.25, -0.2) is 9.13 Å². The van der Waals surface area contributed by atoms with Crippen LogP contribution < -0.4 is 0 Å². The summed E-state index contributed by atoms with van der Waals surface area (Å²) in [4.78, 5) is 72.9. The Balaban J connectivity index is 5.39. The van der Waals surface area contributed by atoms with Crippen LogP contribution in [0.2, 0.25) is 0 Å². The molecule has 0 saturated heterocycles. The van der Waals surface area contributed by atoms with Crippen LogP contribution in [0.25, 0.3) is 0 Å². The summed E-state index contributed by atoms with van der Waals surface area (Å²) in [6, 6.07) is 0. The van der Waals surface area contributed by atoms with Gasteiger partial charge in [-0.15, -0.1) is 0 Å². The van der Waals surface area contributed by atoms with Crippen molar-refractivity contribution < 1.29 is 80.2 Å². The summed E-state index contributed by atoms with van der Waals surface area (Å²) in [5.74, 6) is -2.28. The fraction of sp³-hybridized carbons (Fsp3) is 0.687. The molecule has 0 fully saturated rings. The van der Waals surface area contributed by atoms with E-state index in [1.54, 1.807) is 0 Å². The largest absolute Gasteiger partial charge is 0.472 e. The van der Waals surface area contributed by atoms with Gasteiger partial charge in [-0.05, 0) is 128 Å². The van der Waals surface area contributed by atoms with Crippen LogP contribution in [-0.4, -0.2) is 96.7 Å². The maximum atomic E-state index is 13.1. The van der Waals surface area contributed by atoms with Crippen LogP contribution in [0, 0.1) is 0 Å². The Labute approximate surface area is 618 Å². The predicted molar refractivity (Wildman–Crippen MR) is 418 cm³/mol. The van der Waals surface area contributed by atoms with Gasteiger partial charge in [-0.1, -0.05) is 290 Å². The number of phosphoric ester groups is 2. The molecular formula is C83H140O17P2. The number of phosphoric acid groups is 2. The third-order valence-corrected chi connectivity index (χ3v) is 18.0. The second-order valence-electron chi connectivity index (χ2n) is 25.9. The molecule has 0 aliphatic carbocycles. The summed E-state index contributed by atoms with van der Waals surface area (Å²) >= 11 is 0. The molecule has 0 rings (SSSR count). The first kappa shape index (κ1) is 97.2. The van der Waals surface area contributed by atoms with E-state index in [4.69, 9.17) is 37.0 Å². The Bertz CT molecular complexity index is 2460. The zero-order valence-corrected chi connectivity index (χ0v) is 65.5. The Kier molecular flexibility index (Phi) is 71.0. The number of aliphatic hydroxyl groups is 1. The van der Waals surface area contributed by atoms with E-state index < -0.39 is 97.5 Å². The van der Waals surface area contributed by atoms with Crippen molar-refractivity contribution in [2.45, 2.75) is 329 Å². The lowest BCUT2D eigenvalue weighted by atomic mass is 10.0. The number of aliphatic hydroxyl groups excluding tert-OH is 1. The molecular weight excluding hydrogens is 1330 g/mol. The quantitative estimate of drug-likeness (QED) is 0.0169. The molecule has 0 aromatic carbocycles. The first-order valence-corrected chi connectivity index (χ1v) is 42.4. The van der Waals surface area contributed by atoms with Gasteiger partial charge < -0.3 is 33.8 Å². The highest BCUT2D eigenvalue weighted by molar-refractivity contribution is 7.47. The lowest BCUT2D eigenvalue weighted by Gasteiger charge is -2.21. The van der Waals surface area contributed by atoms with Crippen molar-refractivity contribution in [2.75, 3.05) is 39.6 Å². The van der Waals surface area contributed by atoms with E-state index in [1.165, 1.54) is 77.0 Å². The molecule has 0 amide bonds. The molecule has 3 N–H and O–H groups in total. The number of unbranched alkanes of at least 4 members (excludes halogenated alkanes) is 25.